The minimum atomic E-state index is -2.68. The summed E-state index contributed by atoms with van der Waals surface area (Å²) in [6, 6.07) is 2.81. The second kappa shape index (κ2) is 11.0. The van der Waals surface area contributed by atoms with Crippen molar-refractivity contribution < 1.29 is 18.4 Å². The third-order valence-electron chi connectivity index (χ3n) is 7.80. The van der Waals surface area contributed by atoms with Crippen LogP contribution in [0.1, 0.15) is 112 Å². The molecule has 11 heteroatoms. The fraction of sp³-hybridized carbons (Fsp3) is 0.607. The Bertz CT molecular complexity index is 1320. The first-order chi connectivity index (χ1) is 18.6. The normalized spacial score (nSPS) is 19.2. The maximum absolute atomic E-state index is 14.0. The van der Waals surface area contributed by atoms with E-state index in [2.05, 4.69) is 15.7 Å². The van der Waals surface area contributed by atoms with Crippen LogP contribution in [0.2, 0.25) is 0 Å². The highest BCUT2D eigenvalue weighted by Gasteiger charge is 2.40. The number of hydrogen-bond acceptors (Lipinski definition) is 5. The largest absolute Gasteiger partial charge is 0.347 e. The molecule has 0 aliphatic heterocycles. The van der Waals surface area contributed by atoms with Gasteiger partial charge >= 0.3 is 0 Å². The number of rotatable bonds is 10. The van der Waals surface area contributed by atoms with Gasteiger partial charge in [-0.05, 0) is 69.9 Å². The van der Waals surface area contributed by atoms with Crippen molar-refractivity contribution in [2.75, 3.05) is 0 Å². The molecule has 0 spiro atoms. The van der Waals surface area contributed by atoms with Crippen LogP contribution in [-0.2, 0) is 4.79 Å². The smallest absolute Gasteiger partial charge is 0.270 e. The molecule has 2 saturated carbocycles. The predicted octanol–water partition coefficient (Wildman–Crippen LogP) is 5.17. The van der Waals surface area contributed by atoms with Gasteiger partial charge in [0.25, 0.3) is 5.91 Å². The number of carbonyl (C=O) groups excluding carboxylic acids is 2. The summed E-state index contributed by atoms with van der Waals surface area (Å²) < 4.78 is 31.4. The van der Waals surface area contributed by atoms with Crippen molar-refractivity contribution in [1.29, 1.82) is 0 Å². The van der Waals surface area contributed by atoms with Crippen molar-refractivity contribution in [1.82, 2.24) is 34.8 Å². The molecule has 3 heterocycles. The average molecular weight is 542 g/mol. The van der Waals surface area contributed by atoms with Crippen molar-refractivity contribution >= 4 is 17.6 Å². The van der Waals surface area contributed by atoms with Crippen LogP contribution in [-0.4, -0.2) is 41.9 Å². The van der Waals surface area contributed by atoms with Crippen molar-refractivity contribution in [2.45, 2.75) is 96.2 Å². The topological polar surface area (TPSA) is 106 Å². The predicted molar refractivity (Wildman–Crippen MR) is 141 cm³/mol. The number of fused-ring (bicyclic) bond motifs is 1. The average Bonchev–Trinajstić information content (AvgIpc) is 3.44. The lowest BCUT2D eigenvalue weighted by atomic mass is 9.81. The standard InChI is InChI=1S/C28H37F2N7O2/c1-4-5-23(38)34-24(18-6-7-18)20-11-15-36-16-21(33-27(36)32-20)25(19-8-12-28(29,30)13-9-19)35-26(39)22-10-14-31-37(22)17(2)3/h10-11,14-19,24-25H,4-9,12-13H2,1-3H3,(H,34,38)(H,35,39)/t24-,25-/m0/s1. The van der Waals surface area contributed by atoms with E-state index < -0.39 is 12.0 Å². The van der Waals surface area contributed by atoms with Gasteiger partial charge in [0.1, 0.15) is 5.69 Å². The van der Waals surface area contributed by atoms with Crippen molar-refractivity contribution in [3.8, 4) is 0 Å². The Hall–Kier alpha value is -3.37. The Morgan fingerprint density at radius 3 is 2.36 bits per heavy atom. The van der Waals surface area contributed by atoms with Gasteiger partial charge in [0.05, 0.1) is 23.5 Å². The Balaban J connectivity index is 1.44. The molecule has 2 atom stereocenters. The van der Waals surface area contributed by atoms with E-state index in [0.717, 1.165) is 25.0 Å². The molecule has 39 heavy (non-hydrogen) atoms. The highest BCUT2D eigenvalue weighted by Crippen LogP contribution is 2.42. The zero-order valence-electron chi connectivity index (χ0n) is 22.7. The summed E-state index contributed by atoms with van der Waals surface area (Å²) in [7, 11) is 0. The molecular weight excluding hydrogens is 504 g/mol. The summed E-state index contributed by atoms with van der Waals surface area (Å²) in [5, 5.41) is 10.5. The summed E-state index contributed by atoms with van der Waals surface area (Å²) >= 11 is 0. The Kier molecular flexibility index (Phi) is 7.68. The molecule has 5 rings (SSSR count). The van der Waals surface area contributed by atoms with Gasteiger partial charge in [-0.2, -0.15) is 5.10 Å². The number of carbonyl (C=O) groups is 2. The maximum Gasteiger partial charge on any atom is 0.270 e. The van der Waals surface area contributed by atoms with E-state index in [9.17, 15) is 18.4 Å². The monoisotopic (exact) mass is 541 g/mol. The molecular formula is C28H37F2N7O2. The first-order valence-electron chi connectivity index (χ1n) is 14.0. The molecule has 0 saturated heterocycles. The summed E-state index contributed by atoms with van der Waals surface area (Å²) in [4.78, 5) is 35.3. The van der Waals surface area contributed by atoms with E-state index in [1.165, 1.54) is 0 Å². The fourth-order valence-corrected chi connectivity index (χ4v) is 5.51. The van der Waals surface area contributed by atoms with Gasteiger partial charge in [-0.3, -0.25) is 18.7 Å². The molecule has 3 aromatic heterocycles. The lowest BCUT2D eigenvalue weighted by molar-refractivity contribution is -0.122. The molecule has 0 bridgehead atoms. The second-order valence-corrected chi connectivity index (χ2v) is 11.3. The van der Waals surface area contributed by atoms with E-state index in [-0.39, 0.29) is 55.5 Å². The Morgan fingerprint density at radius 2 is 1.69 bits per heavy atom. The molecule has 3 aromatic rings. The highest BCUT2D eigenvalue weighted by molar-refractivity contribution is 5.92. The Morgan fingerprint density at radius 1 is 1.03 bits per heavy atom. The van der Waals surface area contributed by atoms with Gasteiger partial charge in [-0.25, -0.2) is 18.7 Å². The van der Waals surface area contributed by atoms with Crippen LogP contribution < -0.4 is 10.6 Å². The van der Waals surface area contributed by atoms with Gasteiger partial charge < -0.3 is 10.6 Å². The molecule has 210 valence electrons. The molecule has 0 unspecified atom stereocenters. The van der Waals surface area contributed by atoms with Gasteiger partial charge in [0.15, 0.2) is 0 Å². The van der Waals surface area contributed by atoms with Crippen LogP contribution in [0.3, 0.4) is 0 Å². The first-order valence-corrected chi connectivity index (χ1v) is 14.0. The lowest BCUT2D eigenvalue weighted by Crippen LogP contribution is -2.38. The van der Waals surface area contributed by atoms with Gasteiger partial charge in [0.2, 0.25) is 17.6 Å². The van der Waals surface area contributed by atoms with Crippen LogP contribution in [0.5, 0.6) is 0 Å². The fourth-order valence-electron chi connectivity index (χ4n) is 5.51. The molecule has 2 aliphatic carbocycles. The second-order valence-electron chi connectivity index (χ2n) is 11.3. The summed E-state index contributed by atoms with van der Waals surface area (Å²) in [5.41, 5.74) is 1.75. The number of nitrogens with zero attached hydrogens (tertiary/aromatic N) is 5. The lowest BCUT2D eigenvalue weighted by Gasteiger charge is -2.33. The van der Waals surface area contributed by atoms with Gasteiger partial charge in [-0.15, -0.1) is 0 Å². The highest BCUT2D eigenvalue weighted by atomic mass is 19.3. The van der Waals surface area contributed by atoms with Crippen molar-refractivity contribution in [3.63, 3.8) is 0 Å². The van der Waals surface area contributed by atoms with Crippen LogP contribution in [0.15, 0.2) is 30.7 Å². The van der Waals surface area contributed by atoms with E-state index in [0.29, 0.717) is 29.5 Å². The minimum absolute atomic E-state index is 0.0115. The minimum Gasteiger partial charge on any atom is -0.347 e. The number of hydrogen-bond donors (Lipinski definition) is 2. The third-order valence-corrected chi connectivity index (χ3v) is 7.80. The van der Waals surface area contributed by atoms with E-state index >= 15 is 0 Å². The molecule has 2 amide bonds. The van der Waals surface area contributed by atoms with E-state index in [1.54, 1.807) is 21.3 Å². The SMILES string of the molecule is CCCC(=O)N[C@H](c1ccn2cc([C@@H](NC(=O)c3ccnn3C(C)C)C3CCC(F)(F)CC3)nc2n1)C1CC1. The molecule has 0 aromatic carbocycles. The zero-order valence-corrected chi connectivity index (χ0v) is 22.7. The molecule has 9 nitrogen and oxygen atoms in total. The van der Waals surface area contributed by atoms with Crippen molar-refractivity contribution in [3.05, 3.63) is 47.8 Å². The number of nitrogens with one attached hydrogen (secondary N) is 2. The number of halogens is 2. The van der Waals surface area contributed by atoms with Gasteiger partial charge in [-0.1, -0.05) is 6.92 Å². The summed E-state index contributed by atoms with van der Waals surface area (Å²) in [6.07, 6.45) is 8.69. The number of aromatic nitrogens is 5. The number of imidazole rings is 1. The molecule has 2 fully saturated rings. The number of alkyl halides is 2. The van der Waals surface area contributed by atoms with Crippen LogP contribution >= 0.6 is 0 Å². The summed E-state index contributed by atoms with van der Waals surface area (Å²) in [5.74, 6) is -2.38. The summed E-state index contributed by atoms with van der Waals surface area (Å²) in [6.45, 7) is 5.85. The quantitative estimate of drug-likeness (QED) is 0.368. The Labute approximate surface area is 226 Å². The molecule has 2 N–H and O–H groups in total. The zero-order chi connectivity index (χ0) is 27.7. The van der Waals surface area contributed by atoms with Crippen LogP contribution in [0, 0.1) is 11.8 Å². The van der Waals surface area contributed by atoms with E-state index in [1.807, 2.05) is 39.2 Å². The van der Waals surface area contributed by atoms with Gasteiger partial charge in [0, 0.05) is 43.9 Å². The molecule has 0 radical (unpaired) electrons. The van der Waals surface area contributed by atoms with Crippen molar-refractivity contribution in [2.24, 2.45) is 11.8 Å². The van der Waals surface area contributed by atoms with E-state index in [4.69, 9.17) is 9.97 Å². The third kappa shape index (κ3) is 6.12. The number of amides is 2. The maximum atomic E-state index is 14.0. The molecule has 2 aliphatic rings. The van der Waals surface area contributed by atoms with Crippen LogP contribution in [0.4, 0.5) is 8.78 Å². The first kappa shape index (κ1) is 27.2. The van der Waals surface area contributed by atoms with Crippen LogP contribution in [0.25, 0.3) is 5.78 Å².